The lowest BCUT2D eigenvalue weighted by molar-refractivity contribution is 0.0182. The number of hydrogen-bond acceptors (Lipinski definition) is 3. The van der Waals surface area contributed by atoms with Crippen molar-refractivity contribution < 1.29 is 18.7 Å². The van der Waals surface area contributed by atoms with E-state index in [1.807, 2.05) is 20.8 Å². The number of carbonyl (C=O) groups is 2. The van der Waals surface area contributed by atoms with E-state index in [2.05, 4.69) is 15.9 Å². The van der Waals surface area contributed by atoms with Crippen molar-refractivity contribution in [3.8, 4) is 0 Å². The van der Waals surface area contributed by atoms with Gasteiger partial charge in [0.1, 0.15) is 11.4 Å². The molecule has 1 heterocycles. The highest BCUT2D eigenvalue weighted by Gasteiger charge is 2.31. The fourth-order valence-corrected chi connectivity index (χ4v) is 2.93. The van der Waals surface area contributed by atoms with Gasteiger partial charge in [-0.2, -0.15) is 0 Å². The first-order chi connectivity index (χ1) is 10.7. The SMILES string of the molecule is CC(C)(C)OC(=O)N1CCC(C(=O)c2cccc(Br)c2F)CC1. The Labute approximate surface area is 144 Å². The summed E-state index contributed by atoms with van der Waals surface area (Å²) < 4.78 is 19.7. The maximum absolute atomic E-state index is 14.0. The number of halogens is 2. The summed E-state index contributed by atoms with van der Waals surface area (Å²) in [5.41, 5.74) is -0.432. The van der Waals surface area contributed by atoms with E-state index < -0.39 is 11.4 Å². The number of likely N-dealkylation sites (tertiary alicyclic amines) is 1. The first-order valence-corrected chi connectivity index (χ1v) is 8.44. The van der Waals surface area contributed by atoms with Crippen LogP contribution >= 0.6 is 15.9 Å². The molecular weight excluding hydrogens is 365 g/mol. The van der Waals surface area contributed by atoms with E-state index in [1.165, 1.54) is 6.07 Å². The van der Waals surface area contributed by atoms with Crippen molar-refractivity contribution in [3.63, 3.8) is 0 Å². The van der Waals surface area contributed by atoms with E-state index in [9.17, 15) is 14.0 Å². The van der Waals surface area contributed by atoms with Crippen molar-refractivity contribution in [3.05, 3.63) is 34.1 Å². The monoisotopic (exact) mass is 385 g/mol. The highest BCUT2D eigenvalue weighted by atomic mass is 79.9. The number of benzene rings is 1. The summed E-state index contributed by atoms with van der Waals surface area (Å²) in [6.07, 6.45) is 0.672. The molecule has 23 heavy (non-hydrogen) atoms. The van der Waals surface area contributed by atoms with Gasteiger partial charge in [0, 0.05) is 19.0 Å². The van der Waals surface area contributed by atoms with E-state index in [1.54, 1.807) is 17.0 Å². The number of ketones is 1. The van der Waals surface area contributed by atoms with Gasteiger partial charge in [-0.25, -0.2) is 9.18 Å². The highest BCUT2D eigenvalue weighted by molar-refractivity contribution is 9.10. The van der Waals surface area contributed by atoms with Crippen LogP contribution in [0.4, 0.5) is 9.18 Å². The Morgan fingerprint density at radius 2 is 1.87 bits per heavy atom. The maximum atomic E-state index is 14.0. The number of amides is 1. The van der Waals surface area contributed by atoms with Gasteiger partial charge in [0.2, 0.25) is 0 Å². The minimum atomic E-state index is -0.538. The Balaban J connectivity index is 1.98. The normalized spacial score (nSPS) is 16.3. The van der Waals surface area contributed by atoms with E-state index in [4.69, 9.17) is 4.74 Å². The molecular formula is C17H21BrFNO3. The smallest absolute Gasteiger partial charge is 0.410 e. The lowest BCUT2D eigenvalue weighted by Gasteiger charge is -2.33. The van der Waals surface area contributed by atoms with Crippen molar-refractivity contribution in [1.82, 2.24) is 4.90 Å². The van der Waals surface area contributed by atoms with Crippen molar-refractivity contribution in [2.45, 2.75) is 39.2 Å². The molecule has 1 amide bonds. The average Bonchev–Trinajstić information content (AvgIpc) is 2.48. The van der Waals surface area contributed by atoms with Crippen LogP contribution in [0.2, 0.25) is 0 Å². The molecule has 0 bridgehead atoms. The summed E-state index contributed by atoms with van der Waals surface area (Å²) >= 11 is 3.10. The predicted octanol–water partition coefficient (Wildman–Crippen LogP) is 4.42. The Morgan fingerprint density at radius 1 is 1.26 bits per heavy atom. The Hall–Kier alpha value is -1.43. The number of nitrogens with zero attached hydrogens (tertiary/aromatic N) is 1. The van der Waals surface area contributed by atoms with Gasteiger partial charge in [-0.1, -0.05) is 6.07 Å². The van der Waals surface area contributed by atoms with E-state index in [0.29, 0.717) is 25.9 Å². The Bertz CT molecular complexity index is 604. The third kappa shape index (κ3) is 4.53. The average molecular weight is 386 g/mol. The number of Topliss-reactive ketones (excluding diaryl/α,β-unsaturated/α-hetero) is 1. The van der Waals surface area contributed by atoms with Crippen LogP contribution in [0.25, 0.3) is 0 Å². The standard InChI is InChI=1S/C17H21BrFNO3/c1-17(2,3)23-16(22)20-9-7-11(8-10-20)15(21)12-5-4-6-13(18)14(12)19/h4-6,11H,7-10H2,1-3H3. The molecule has 6 heteroatoms. The molecule has 0 radical (unpaired) electrons. The van der Waals surface area contributed by atoms with Gasteiger partial charge in [-0.3, -0.25) is 4.79 Å². The number of piperidine rings is 1. The molecule has 0 N–H and O–H groups in total. The topological polar surface area (TPSA) is 46.6 Å². The van der Waals surface area contributed by atoms with Crippen molar-refractivity contribution in [1.29, 1.82) is 0 Å². The quantitative estimate of drug-likeness (QED) is 0.707. The van der Waals surface area contributed by atoms with E-state index >= 15 is 0 Å². The molecule has 126 valence electrons. The van der Waals surface area contributed by atoms with Crippen LogP contribution in [0.3, 0.4) is 0 Å². The van der Waals surface area contributed by atoms with Gasteiger partial charge in [0.15, 0.2) is 5.78 Å². The molecule has 1 aliphatic rings. The first-order valence-electron chi connectivity index (χ1n) is 7.65. The molecule has 1 aliphatic heterocycles. The number of carbonyl (C=O) groups excluding carboxylic acids is 2. The third-order valence-corrected chi connectivity index (χ3v) is 4.35. The maximum Gasteiger partial charge on any atom is 0.410 e. The zero-order valence-corrected chi connectivity index (χ0v) is 15.2. The number of rotatable bonds is 2. The van der Waals surface area contributed by atoms with E-state index in [-0.39, 0.29) is 27.8 Å². The molecule has 2 rings (SSSR count). The van der Waals surface area contributed by atoms with Gasteiger partial charge in [0.25, 0.3) is 0 Å². The highest BCUT2D eigenvalue weighted by Crippen LogP contribution is 2.26. The Kier molecular flexibility index (Phi) is 5.45. The lowest BCUT2D eigenvalue weighted by atomic mass is 9.89. The fraction of sp³-hybridized carbons (Fsp3) is 0.529. The van der Waals surface area contributed by atoms with Gasteiger partial charge in [0.05, 0.1) is 10.0 Å². The molecule has 0 unspecified atom stereocenters. The summed E-state index contributed by atoms with van der Waals surface area (Å²) in [7, 11) is 0. The van der Waals surface area contributed by atoms with Gasteiger partial charge < -0.3 is 9.64 Å². The van der Waals surface area contributed by atoms with Crippen LogP contribution < -0.4 is 0 Å². The van der Waals surface area contributed by atoms with Crippen LogP contribution in [-0.4, -0.2) is 35.5 Å². The molecule has 1 aromatic carbocycles. The van der Waals surface area contributed by atoms with Crippen molar-refractivity contribution >= 4 is 27.8 Å². The minimum absolute atomic E-state index is 0.107. The van der Waals surface area contributed by atoms with Crippen LogP contribution in [0.5, 0.6) is 0 Å². The molecule has 0 saturated carbocycles. The Morgan fingerprint density at radius 3 is 2.43 bits per heavy atom. The largest absolute Gasteiger partial charge is 0.444 e. The summed E-state index contributed by atoms with van der Waals surface area (Å²) in [4.78, 5) is 26.1. The fourth-order valence-electron chi connectivity index (χ4n) is 2.56. The van der Waals surface area contributed by atoms with Crippen molar-refractivity contribution in [2.24, 2.45) is 5.92 Å². The summed E-state index contributed by atoms with van der Waals surface area (Å²) in [5.74, 6) is -0.989. The van der Waals surface area contributed by atoms with Gasteiger partial charge in [-0.05, 0) is 61.7 Å². The molecule has 1 aromatic rings. The van der Waals surface area contributed by atoms with Crippen LogP contribution in [-0.2, 0) is 4.74 Å². The summed E-state index contributed by atoms with van der Waals surface area (Å²) in [5, 5.41) is 0. The molecule has 4 nitrogen and oxygen atoms in total. The predicted molar refractivity (Wildman–Crippen MR) is 89.0 cm³/mol. The minimum Gasteiger partial charge on any atom is -0.444 e. The second-order valence-corrected chi connectivity index (χ2v) is 7.56. The zero-order valence-electron chi connectivity index (χ0n) is 13.6. The molecule has 1 fully saturated rings. The van der Waals surface area contributed by atoms with Crippen LogP contribution in [0, 0.1) is 11.7 Å². The first kappa shape index (κ1) is 17.9. The van der Waals surface area contributed by atoms with Crippen LogP contribution in [0.15, 0.2) is 22.7 Å². The molecule has 1 saturated heterocycles. The molecule has 0 aliphatic carbocycles. The molecule has 0 spiro atoms. The summed E-state index contributed by atoms with van der Waals surface area (Å²) in [6.45, 7) is 6.34. The van der Waals surface area contributed by atoms with Crippen molar-refractivity contribution in [2.75, 3.05) is 13.1 Å². The van der Waals surface area contributed by atoms with Crippen LogP contribution in [0.1, 0.15) is 44.0 Å². The molecule has 0 aromatic heterocycles. The number of ether oxygens (including phenoxy) is 1. The second kappa shape index (κ2) is 6.99. The van der Waals surface area contributed by atoms with E-state index in [0.717, 1.165) is 0 Å². The lowest BCUT2D eigenvalue weighted by Crippen LogP contribution is -2.43. The molecule has 0 atom stereocenters. The zero-order chi connectivity index (χ0) is 17.2. The van der Waals surface area contributed by atoms with Gasteiger partial charge in [-0.15, -0.1) is 0 Å². The number of hydrogen-bond donors (Lipinski definition) is 0. The third-order valence-electron chi connectivity index (χ3n) is 3.73. The second-order valence-electron chi connectivity index (χ2n) is 6.71. The van der Waals surface area contributed by atoms with Gasteiger partial charge >= 0.3 is 6.09 Å². The summed E-state index contributed by atoms with van der Waals surface area (Å²) in [6, 6.07) is 4.72.